The summed E-state index contributed by atoms with van der Waals surface area (Å²) < 4.78 is 0. The van der Waals surface area contributed by atoms with Gasteiger partial charge in [0.15, 0.2) is 0 Å². The van der Waals surface area contributed by atoms with Crippen molar-refractivity contribution < 1.29 is 4.79 Å². The van der Waals surface area contributed by atoms with Crippen LogP contribution in [-0.2, 0) is 4.79 Å². The summed E-state index contributed by atoms with van der Waals surface area (Å²) in [6.07, 6.45) is 4.14. The molecule has 1 saturated carbocycles. The first-order valence-corrected chi connectivity index (χ1v) is 6.63. The van der Waals surface area contributed by atoms with Crippen LogP contribution in [-0.4, -0.2) is 17.1 Å². The number of amides is 1. The summed E-state index contributed by atoms with van der Waals surface area (Å²) >= 11 is 0. The Labute approximate surface area is 117 Å². The van der Waals surface area contributed by atoms with E-state index in [1.165, 1.54) is 5.56 Å². The maximum atomic E-state index is 11.9. The standard InChI is InChI=1S/C16H15N3O/c20-16(19-18-11-13-8-4-5-9-17-13)15-10-14(15)12-6-2-1-3-7-12/h1-9,11,14-15H,10H2,(H,19,20)/b18-11+. The number of benzene rings is 1. The highest BCUT2D eigenvalue weighted by Gasteiger charge is 2.43. The Kier molecular flexibility index (Phi) is 3.54. The molecule has 0 aliphatic heterocycles. The topological polar surface area (TPSA) is 54.4 Å². The number of hydrogen-bond donors (Lipinski definition) is 1. The van der Waals surface area contributed by atoms with Gasteiger partial charge in [0.1, 0.15) is 0 Å². The Bertz CT molecular complexity index is 610. The molecule has 1 aromatic carbocycles. The van der Waals surface area contributed by atoms with Gasteiger partial charge in [-0.3, -0.25) is 9.78 Å². The number of carbonyl (C=O) groups excluding carboxylic acids is 1. The number of carbonyl (C=O) groups is 1. The number of rotatable bonds is 4. The van der Waals surface area contributed by atoms with Crippen molar-refractivity contribution in [3.63, 3.8) is 0 Å². The average Bonchev–Trinajstić information content (AvgIpc) is 3.30. The zero-order valence-electron chi connectivity index (χ0n) is 10.9. The van der Waals surface area contributed by atoms with Crippen LogP contribution in [0, 0.1) is 5.92 Å². The minimum atomic E-state index is -0.0222. The predicted octanol–water partition coefficient (Wildman–Crippen LogP) is 2.34. The highest BCUT2D eigenvalue weighted by molar-refractivity contribution is 5.84. The fraction of sp³-hybridized carbons (Fsp3) is 0.188. The first-order valence-electron chi connectivity index (χ1n) is 6.63. The molecule has 1 N–H and O–H groups in total. The Morgan fingerprint density at radius 1 is 1.20 bits per heavy atom. The molecule has 1 aliphatic rings. The van der Waals surface area contributed by atoms with E-state index in [1.54, 1.807) is 12.4 Å². The van der Waals surface area contributed by atoms with Crippen molar-refractivity contribution in [3.05, 3.63) is 66.0 Å². The fourth-order valence-electron chi connectivity index (χ4n) is 2.25. The first kappa shape index (κ1) is 12.5. The molecule has 3 rings (SSSR count). The number of nitrogens with one attached hydrogen (secondary N) is 1. The van der Waals surface area contributed by atoms with Gasteiger partial charge in [0, 0.05) is 12.1 Å². The molecule has 100 valence electrons. The minimum absolute atomic E-state index is 0.0222. The van der Waals surface area contributed by atoms with Crippen molar-refractivity contribution in [3.8, 4) is 0 Å². The molecule has 0 spiro atoms. The van der Waals surface area contributed by atoms with E-state index in [-0.39, 0.29) is 11.8 Å². The van der Waals surface area contributed by atoms with Gasteiger partial charge in [-0.25, -0.2) is 5.43 Å². The van der Waals surface area contributed by atoms with Gasteiger partial charge in [0.05, 0.1) is 11.9 Å². The molecule has 2 atom stereocenters. The van der Waals surface area contributed by atoms with Gasteiger partial charge in [-0.1, -0.05) is 36.4 Å². The summed E-state index contributed by atoms with van der Waals surface area (Å²) in [4.78, 5) is 16.0. The maximum Gasteiger partial charge on any atom is 0.243 e. The average molecular weight is 265 g/mol. The molecular formula is C16H15N3O. The lowest BCUT2D eigenvalue weighted by Gasteiger charge is -1.99. The van der Waals surface area contributed by atoms with E-state index in [4.69, 9.17) is 0 Å². The van der Waals surface area contributed by atoms with Crippen LogP contribution < -0.4 is 5.43 Å². The van der Waals surface area contributed by atoms with Gasteiger partial charge in [-0.05, 0) is 30.0 Å². The highest BCUT2D eigenvalue weighted by Crippen LogP contribution is 2.47. The normalized spacial score (nSPS) is 20.8. The number of aromatic nitrogens is 1. The van der Waals surface area contributed by atoms with E-state index in [0.29, 0.717) is 5.92 Å². The Morgan fingerprint density at radius 3 is 2.75 bits per heavy atom. The molecule has 0 bridgehead atoms. The summed E-state index contributed by atoms with van der Waals surface area (Å²) in [6, 6.07) is 15.7. The first-order chi connectivity index (χ1) is 9.84. The minimum Gasteiger partial charge on any atom is -0.273 e. The molecule has 4 nitrogen and oxygen atoms in total. The molecular weight excluding hydrogens is 250 g/mol. The molecule has 0 radical (unpaired) electrons. The van der Waals surface area contributed by atoms with Gasteiger partial charge in [0.25, 0.3) is 0 Å². The van der Waals surface area contributed by atoms with Crippen molar-refractivity contribution in [2.75, 3.05) is 0 Å². The Hall–Kier alpha value is -2.49. The number of nitrogens with zero attached hydrogens (tertiary/aromatic N) is 2. The van der Waals surface area contributed by atoms with E-state index >= 15 is 0 Å². The molecule has 1 aromatic heterocycles. The van der Waals surface area contributed by atoms with Crippen LogP contribution in [0.1, 0.15) is 23.6 Å². The summed E-state index contributed by atoms with van der Waals surface area (Å²) in [5.41, 5.74) is 4.53. The van der Waals surface area contributed by atoms with Crippen molar-refractivity contribution >= 4 is 12.1 Å². The summed E-state index contributed by atoms with van der Waals surface area (Å²) in [6.45, 7) is 0. The fourth-order valence-corrected chi connectivity index (χ4v) is 2.25. The number of hydrazone groups is 1. The third-order valence-corrected chi connectivity index (χ3v) is 3.41. The van der Waals surface area contributed by atoms with Crippen LogP contribution in [0.5, 0.6) is 0 Å². The Balaban J connectivity index is 1.53. The molecule has 1 amide bonds. The maximum absolute atomic E-state index is 11.9. The lowest BCUT2D eigenvalue weighted by Crippen LogP contribution is -2.20. The quantitative estimate of drug-likeness (QED) is 0.681. The van der Waals surface area contributed by atoms with E-state index in [1.807, 2.05) is 36.4 Å². The van der Waals surface area contributed by atoms with Crippen LogP contribution in [0.25, 0.3) is 0 Å². The SMILES string of the molecule is O=C(N/N=C/c1ccccn1)C1CC1c1ccccc1. The molecule has 1 heterocycles. The molecule has 1 aliphatic carbocycles. The van der Waals surface area contributed by atoms with Crippen LogP contribution in [0.4, 0.5) is 0 Å². The van der Waals surface area contributed by atoms with E-state index < -0.39 is 0 Å². The lowest BCUT2D eigenvalue weighted by molar-refractivity contribution is -0.122. The molecule has 4 heteroatoms. The van der Waals surface area contributed by atoms with Gasteiger partial charge in [-0.2, -0.15) is 5.10 Å². The number of hydrogen-bond acceptors (Lipinski definition) is 3. The molecule has 0 saturated heterocycles. The smallest absolute Gasteiger partial charge is 0.243 e. The van der Waals surface area contributed by atoms with Crippen LogP contribution in [0.3, 0.4) is 0 Å². The van der Waals surface area contributed by atoms with E-state index in [2.05, 4.69) is 27.6 Å². The second kappa shape index (κ2) is 5.65. The zero-order valence-corrected chi connectivity index (χ0v) is 10.9. The monoisotopic (exact) mass is 265 g/mol. The van der Waals surface area contributed by atoms with Gasteiger partial charge in [-0.15, -0.1) is 0 Å². The van der Waals surface area contributed by atoms with Gasteiger partial charge < -0.3 is 0 Å². The van der Waals surface area contributed by atoms with Crippen molar-refractivity contribution in [2.24, 2.45) is 11.0 Å². The third kappa shape index (κ3) is 2.91. The third-order valence-electron chi connectivity index (χ3n) is 3.41. The van der Waals surface area contributed by atoms with Crippen LogP contribution >= 0.6 is 0 Å². The van der Waals surface area contributed by atoms with Crippen molar-refractivity contribution in [1.82, 2.24) is 10.4 Å². The van der Waals surface area contributed by atoms with Crippen molar-refractivity contribution in [2.45, 2.75) is 12.3 Å². The summed E-state index contributed by atoms with van der Waals surface area (Å²) in [5.74, 6) is 0.352. The predicted molar refractivity (Wildman–Crippen MR) is 77.3 cm³/mol. The molecule has 1 fully saturated rings. The second-order valence-corrected chi connectivity index (χ2v) is 4.85. The summed E-state index contributed by atoms with van der Waals surface area (Å²) in [7, 11) is 0. The largest absolute Gasteiger partial charge is 0.273 e. The number of pyridine rings is 1. The van der Waals surface area contributed by atoms with Gasteiger partial charge >= 0.3 is 0 Å². The highest BCUT2D eigenvalue weighted by atomic mass is 16.2. The second-order valence-electron chi connectivity index (χ2n) is 4.85. The summed E-state index contributed by atoms with van der Waals surface area (Å²) in [5, 5.41) is 3.94. The Morgan fingerprint density at radius 2 is 2.00 bits per heavy atom. The van der Waals surface area contributed by atoms with E-state index in [0.717, 1.165) is 12.1 Å². The van der Waals surface area contributed by atoms with Crippen LogP contribution in [0.2, 0.25) is 0 Å². The zero-order chi connectivity index (χ0) is 13.8. The van der Waals surface area contributed by atoms with E-state index in [9.17, 15) is 4.79 Å². The lowest BCUT2D eigenvalue weighted by atomic mass is 10.1. The van der Waals surface area contributed by atoms with Gasteiger partial charge in [0.2, 0.25) is 5.91 Å². The molecule has 20 heavy (non-hydrogen) atoms. The van der Waals surface area contributed by atoms with Crippen LogP contribution in [0.15, 0.2) is 59.8 Å². The molecule has 2 unspecified atom stereocenters. The molecule has 2 aromatic rings. The van der Waals surface area contributed by atoms with Crippen molar-refractivity contribution in [1.29, 1.82) is 0 Å².